The van der Waals surface area contributed by atoms with Crippen LogP contribution < -0.4 is 10.5 Å². The normalized spacial score (nSPS) is 11.0. The average molecular weight is 324 g/mol. The molecule has 2 aromatic rings. The Kier molecular flexibility index (Phi) is 5.99. The third-order valence-electron chi connectivity index (χ3n) is 3.02. The van der Waals surface area contributed by atoms with Crippen LogP contribution in [-0.4, -0.2) is 23.3 Å². The van der Waals surface area contributed by atoms with E-state index < -0.39 is 12.0 Å². The van der Waals surface area contributed by atoms with Crippen LogP contribution in [0.4, 0.5) is 4.79 Å². The number of aliphatic hydroxyl groups excluding tert-OH is 1. The maximum Gasteiger partial charge on any atom is 0.338 e. The number of hydrogen-bond acceptors (Lipinski definition) is 4. The van der Waals surface area contributed by atoms with Gasteiger partial charge in [0.2, 0.25) is 0 Å². The summed E-state index contributed by atoms with van der Waals surface area (Å²) in [6.45, 7) is -0.330. The molecule has 0 saturated carbocycles. The fourth-order valence-corrected chi connectivity index (χ4v) is 1.91. The number of primary amides is 1. The van der Waals surface area contributed by atoms with Crippen molar-refractivity contribution in [3.05, 3.63) is 71.3 Å². The van der Waals surface area contributed by atoms with Crippen LogP contribution in [0.5, 0.6) is 5.75 Å². The average Bonchev–Trinajstić information content (AvgIpc) is 2.60. The van der Waals surface area contributed by atoms with Crippen molar-refractivity contribution in [3.63, 3.8) is 0 Å². The van der Waals surface area contributed by atoms with E-state index in [1.807, 2.05) is 30.3 Å². The van der Waals surface area contributed by atoms with Gasteiger partial charge in [-0.15, -0.1) is 0 Å². The maximum atomic E-state index is 11.9. The number of esters is 1. The zero-order valence-electron chi connectivity index (χ0n) is 12.8. The zero-order valence-corrected chi connectivity index (χ0v) is 12.8. The molecular weight excluding hydrogens is 308 g/mol. The molecule has 122 valence electrons. The molecule has 0 spiro atoms. The minimum atomic E-state index is -0.817. The maximum absolute atomic E-state index is 11.9. The Bertz CT molecular complexity index is 783. The molecule has 6 nitrogen and oxygen atoms in total. The second-order valence-corrected chi connectivity index (χ2v) is 4.79. The Morgan fingerprint density at radius 1 is 1.12 bits per heavy atom. The second kappa shape index (κ2) is 8.40. The van der Waals surface area contributed by atoms with E-state index in [0.29, 0.717) is 11.1 Å². The van der Waals surface area contributed by atoms with Crippen LogP contribution in [-0.2, 0) is 11.4 Å². The highest BCUT2D eigenvalue weighted by molar-refractivity contribution is 5.91. The lowest BCUT2D eigenvalue weighted by Crippen LogP contribution is -2.07. The predicted molar refractivity (Wildman–Crippen MR) is 90.7 cm³/mol. The van der Waals surface area contributed by atoms with Crippen molar-refractivity contribution in [1.29, 1.82) is 0 Å². The molecule has 2 amide bonds. The van der Waals surface area contributed by atoms with Gasteiger partial charge in [-0.3, -0.25) is 0 Å². The Morgan fingerprint density at radius 3 is 2.54 bits per heavy atom. The molecule has 0 unspecified atom stereocenters. The first-order chi connectivity index (χ1) is 11.6. The Morgan fingerprint density at radius 2 is 1.88 bits per heavy atom. The predicted octanol–water partition coefficient (Wildman–Crippen LogP) is 2.30. The summed E-state index contributed by atoms with van der Waals surface area (Å²) in [7, 11) is 0. The lowest BCUT2D eigenvalue weighted by molar-refractivity contribution is -0.129. The molecule has 0 aromatic heterocycles. The van der Waals surface area contributed by atoms with Gasteiger partial charge in [0.05, 0.1) is 6.61 Å². The van der Waals surface area contributed by atoms with Crippen LogP contribution >= 0.6 is 0 Å². The number of aliphatic imine (C=N–C) groups is 1. The van der Waals surface area contributed by atoms with Gasteiger partial charge < -0.3 is 15.6 Å². The van der Waals surface area contributed by atoms with E-state index in [0.717, 1.165) is 5.56 Å². The summed E-state index contributed by atoms with van der Waals surface area (Å²) in [5.41, 5.74) is 6.74. The van der Waals surface area contributed by atoms with E-state index in [1.54, 1.807) is 18.2 Å². The van der Waals surface area contributed by atoms with Crippen LogP contribution in [0.25, 0.3) is 6.08 Å². The van der Waals surface area contributed by atoms with Gasteiger partial charge in [-0.1, -0.05) is 30.3 Å². The first kappa shape index (κ1) is 17.1. The number of nitrogens with two attached hydrogens (primary N) is 1. The quantitative estimate of drug-likeness (QED) is 0.381. The van der Waals surface area contributed by atoms with Gasteiger partial charge in [-0.2, -0.15) is 0 Å². The molecule has 24 heavy (non-hydrogen) atoms. The lowest BCUT2D eigenvalue weighted by Gasteiger charge is -2.07. The molecule has 0 bridgehead atoms. The highest BCUT2D eigenvalue weighted by Gasteiger charge is 2.07. The molecule has 0 saturated heterocycles. The number of rotatable bonds is 5. The van der Waals surface area contributed by atoms with Crippen LogP contribution in [0.2, 0.25) is 0 Å². The van der Waals surface area contributed by atoms with Crippen molar-refractivity contribution in [3.8, 4) is 5.75 Å². The molecule has 2 aromatic carbocycles. The summed E-state index contributed by atoms with van der Waals surface area (Å²) in [6.07, 6.45) is 4.20. The highest BCUT2D eigenvalue weighted by atomic mass is 16.5. The molecule has 2 rings (SSSR count). The molecule has 0 atom stereocenters. The topological polar surface area (TPSA) is 102 Å². The molecule has 0 aliphatic rings. The van der Waals surface area contributed by atoms with Crippen LogP contribution in [0.15, 0.2) is 59.6 Å². The number of carbonyl (C=O) groups is 2. The summed E-state index contributed by atoms with van der Waals surface area (Å²) >= 11 is 0. The summed E-state index contributed by atoms with van der Waals surface area (Å²) in [5.74, 6) is -0.330. The SMILES string of the molecule is NC(=O)/N=C/c1ccc(OC(=O)/C=C/c2ccccc2)c(CO)c1. The van der Waals surface area contributed by atoms with E-state index in [-0.39, 0.29) is 12.4 Å². The Balaban J connectivity index is 2.09. The minimum absolute atomic E-state index is 0.233. The van der Waals surface area contributed by atoms with Crippen LogP contribution in [0, 0.1) is 0 Å². The van der Waals surface area contributed by atoms with Crippen molar-refractivity contribution in [2.24, 2.45) is 10.7 Å². The van der Waals surface area contributed by atoms with Crippen molar-refractivity contribution in [1.82, 2.24) is 0 Å². The number of hydrogen-bond donors (Lipinski definition) is 2. The van der Waals surface area contributed by atoms with Crippen molar-refractivity contribution < 1.29 is 19.4 Å². The molecule has 0 aliphatic heterocycles. The Labute approximate surface area is 138 Å². The number of urea groups is 1. The minimum Gasteiger partial charge on any atom is -0.423 e. The van der Waals surface area contributed by atoms with Crippen LogP contribution in [0.1, 0.15) is 16.7 Å². The van der Waals surface area contributed by atoms with Crippen molar-refractivity contribution in [2.45, 2.75) is 6.61 Å². The van der Waals surface area contributed by atoms with Gasteiger partial charge >= 0.3 is 12.0 Å². The van der Waals surface area contributed by atoms with E-state index in [9.17, 15) is 14.7 Å². The van der Waals surface area contributed by atoms with Crippen molar-refractivity contribution >= 4 is 24.3 Å². The van der Waals surface area contributed by atoms with E-state index in [2.05, 4.69) is 4.99 Å². The zero-order chi connectivity index (χ0) is 17.4. The third-order valence-corrected chi connectivity index (χ3v) is 3.02. The first-order valence-electron chi connectivity index (χ1n) is 7.10. The molecule has 0 radical (unpaired) electrons. The van der Waals surface area contributed by atoms with Gasteiger partial charge in [-0.25, -0.2) is 14.6 Å². The standard InChI is InChI=1S/C18H16N2O4/c19-18(23)20-11-14-6-8-16(15(10-14)12-21)24-17(22)9-7-13-4-2-1-3-5-13/h1-11,21H,12H2,(H2,19,23)/b9-7+,20-11+. The number of carbonyl (C=O) groups excluding carboxylic acids is 2. The molecular formula is C18H16N2O4. The molecule has 6 heteroatoms. The van der Waals surface area contributed by atoms with E-state index >= 15 is 0 Å². The highest BCUT2D eigenvalue weighted by Crippen LogP contribution is 2.20. The van der Waals surface area contributed by atoms with E-state index in [1.165, 1.54) is 18.4 Å². The van der Waals surface area contributed by atoms with Crippen molar-refractivity contribution in [2.75, 3.05) is 0 Å². The number of nitrogens with zero attached hydrogens (tertiary/aromatic N) is 1. The van der Waals surface area contributed by atoms with Gasteiger partial charge in [0.1, 0.15) is 5.75 Å². The fraction of sp³-hybridized carbons (Fsp3) is 0.0556. The molecule has 0 fully saturated rings. The monoisotopic (exact) mass is 324 g/mol. The molecule has 0 aliphatic carbocycles. The largest absolute Gasteiger partial charge is 0.423 e. The second-order valence-electron chi connectivity index (χ2n) is 4.79. The number of amides is 2. The fourth-order valence-electron chi connectivity index (χ4n) is 1.91. The summed E-state index contributed by atoms with van der Waals surface area (Å²) in [4.78, 5) is 25.9. The third kappa shape index (κ3) is 5.19. The van der Waals surface area contributed by atoms with Gasteiger partial charge in [0, 0.05) is 17.9 Å². The van der Waals surface area contributed by atoms with Gasteiger partial charge in [-0.05, 0) is 35.4 Å². The summed E-state index contributed by atoms with van der Waals surface area (Å²) in [5, 5.41) is 9.40. The van der Waals surface area contributed by atoms with E-state index in [4.69, 9.17) is 10.5 Å². The summed E-state index contributed by atoms with van der Waals surface area (Å²) in [6, 6.07) is 13.2. The Hall–Kier alpha value is -3.25. The van der Waals surface area contributed by atoms with Gasteiger partial charge in [0.25, 0.3) is 0 Å². The smallest absolute Gasteiger partial charge is 0.338 e. The summed E-state index contributed by atoms with van der Waals surface area (Å²) < 4.78 is 5.22. The molecule has 0 heterocycles. The number of benzene rings is 2. The first-order valence-corrected chi connectivity index (χ1v) is 7.10. The lowest BCUT2D eigenvalue weighted by atomic mass is 10.1. The van der Waals surface area contributed by atoms with Gasteiger partial charge in [0.15, 0.2) is 0 Å². The number of aliphatic hydroxyl groups is 1. The number of ether oxygens (including phenoxy) is 1. The molecule has 3 N–H and O–H groups in total. The van der Waals surface area contributed by atoms with Crippen LogP contribution in [0.3, 0.4) is 0 Å².